The maximum absolute atomic E-state index is 5.00. The SMILES string of the molecule is C(=C1\C(c2ccccc2)=Nc2ccccc21)/c1c(-c2ccccc2)[nH]c2ccccc12. The highest BCUT2D eigenvalue weighted by Gasteiger charge is 2.23. The minimum atomic E-state index is 1.02. The second kappa shape index (κ2) is 7.26. The number of fused-ring (bicyclic) bond motifs is 2. The van der Waals surface area contributed by atoms with Crippen molar-refractivity contribution in [3.63, 3.8) is 0 Å². The molecule has 0 fully saturated rings. The van der Waals surface area contributed by atoms with E-state index in [2.05, 4.69) is 114 Å². The molecule has 0 atom stereocenters. The van der Waals surface area contributed by atoms with Gasteiger partial charge in [0.2, 0.25) is 0 Å². The number of aromatic amines is 1. The summed E-state index contributed by atoms with van der Waals surface area (Å²) in [6, 6.07) is 37.9. The van der Waals surface area contributed by atoms with Gasteiger partial charge in [-0.05, 0) is 23.8 Å². The fraction of sp³-hybridized carbons (Fsp3) is 0. The molecule has 1 N–H and O–H groups in total. The van der Waals surface area contributed by atoms with Gasteiger partial charge in [0.15, 0.2) is 0 Å². The van der Waals surface area contributed by atoms with Crippen molar-refractivity contribution in [3.05, 3.63) is 126 Å². The highest BCUT2D eigenvalue weighted by Crippen LogP contribution is 2.40. The lowest BCUT2D eigenvalue weighted by molar-refractivity contribution is 1.45. The number of rotatable bonds is 3. The summed E-state index contributed by atoms with van der Waals surface area (Å²) in [6.45, 7) is 0. The number of benzene rings is 4. The Hall–Kier alpha value is -4.17. The minimum Gasteiger partial charge on any atom is -0.354 e. The van der Waals surface area contributed by atoms with Crippen molar-refractivity contribution in [2.24, 2.45) is 4.99 Å². The summed E-state index contributed by atoms with van der Waals surface area (Å²) in [7, 11) is 0. The van der Waals surface area contributed by atoms with E-state index in [1.165, 1.54) is 22.1 Å². The van der Waals surface area contributed by atoms with Crippen LogP contribution in [0.15, 0.2) is 114 Å². The van der Waals surface area contributed by atoms with E-state index < -0.39 is 0 Å². The third kappa shape index (κ3) is 3.01. The van der Waals surface area contributed by atoms with Crippen molar-refractivity contribution in [1.82, 2.24) is 4.98 Å². The summed E-state index contributed by atoms with van der Waals surface area (Å²) >= 11 is 0. The Morgan fingerprint density at radius 3 is 2.06 bits per heavy atom. The Morgan fingerprint density at radius 2 is 1.26 bits per heavy atom. The molecule has 2 nitrogen and oxygen atoms in total. The van der Waals surface area contributed by atoms with Crippen LogP contribution in [0.5, 0.6) is 0 Å². The Bertz CT molecular complexity index is 1450. The van der Waals surface area contributed by atoms with Crippen molar-refractivity contribution >= 4 is 34.0 Å². The van der Waals surface area contributed by atoms with Crippen LogP contribution in [0.4, 0.5) is 5.69 Å². The molecule has 4 aromatic carbocycles. The summed E-state index contributed by atoms with van der Waals surface area (Å²) in [4.78, 5) is 8.65. The normalized spacial score (nSPS) is 14.1. The molecular weight excluding hydrogens is 376 g/mol. The van der Waals surface area contributed by atoms with Crippen molar-refractivity contribution in [2.45, 2.75) is 0 Å². The highest BCUT2D eigenvalue weighted by molar-refractivity contribution is 6.39. The summed E-state index contributed by atoms with van der Waals surface area (Å²) in [6.07, 6.45) is 2.30. The molecule has 0 aliphatic carbocycles. The molecule has 5 aromatic rings. The van der Waals surface area contributed by atoms with E-state index in [0.717, 1.165) is 33.7 Å². The van der Waals surface area contributed by atoms with Gasteiger partial charge in [0.25, 0.3) is 0 Å². The molecule has 146 valence electrons. The topological polar surface area (TPSA) is 28.1 Å². The molecule has 0 spiro atoms. The number of para-hydroxylation sites is 2. The molecule has 31 heavy (non-hydrogen) atoms. The highest BCUT2D eigenvalue weighted by atomic mass is 14.8. The largest absolute Gasteiger partial charge is 0.354 e. The van der Waals surface area contributed by atoms with Crippen LogP contribution in [-0.2, 0) is 0 Å². The van der Waals surface area contributed by atoms with Crippen molar-refractivity contribution in [1.29, 1.82) is 0 Å². The van der Waals surface area contributed by atoms with E-state index in [-0.39, 0.29) is 0 Å². The molecular formula is C29H20N2. The average molecular weight is 396 g/mol. The van der Waals surface area contributed by atoms with Crippen LogP contribution < -0.4 is 0 Å². The third-order valence-corrected chi connectivity index (χ3v) is 5.83. The number of hydrogen-bond donors (Lipinski definition) is 1. The monoisotopic (exact) mass is 396 g/mol. The molecule has 0 radical (unpaired) electrons. The van der Waals surface area contributed by atoms with E-state index in [1.54, 1.807) is 0 Å². The lowest BCUT2D eigenvalue weighted by Gasteiger charge is -2.08. The Balaban J connectivity index is 1.63. The van der Waals surface area contributed by atoms with E-state index in [4.69, 9.17) is 4.99 Å². The lowest BCUT2D eigenvalue weighted by atomic mass is 9.94. The van der Waals surface area contributed by atoms with Gasteiger partial charge in [-0.1, -0.05) is 97.1 Å². The molecule has 0 saturated carbocycles. The van der Waals surface area contributed by atoms with Gasteiger partial charge in [-0.2, -0.15) is 0 Å². The van der Waals surface area contributed by atoms with E-state index in [1.807, 2.05) is 6.07 Å². The maximum atomic E-state index is 5.00. The number of hydrogen-bond acceptors (Lipinski definition) is 1. The molecule has 1 aliphatic rings. The van der Waals surface area contributed by atoms with Crippen LogP contribution in [-0.4, -0.2) is 10.7 Å². The molecule has 0 bridgehead atoms. The van der Waals surface area contributed by atoms with Crippen LogP contribution in [0.3, 0.4) is 0 Å². The molecule has 0 saturated heterocycles. The van der Waals surface area contributed by atoms with Crippen LogP contribution in [0.25, 0.3) is 33.8 Å². The van der Waals surface area contributed by atoms with Crippen molar-refractivity contribution in [3.8, 4) is 11.3 Å². The van der Waals surface area contributed by atoms with E-state index in [9.17, 15) is 0 Å². The van der Waals surface area contributed by atoms with Crippen molar-refractivity contribution < 1.29 is 0 Å². The first kappa shape index (κ1) is 17.7. The molecule has 1 aromatic heterocycles. The summed E-state index contributed by atoms with van der Waals surface area (Å²) < 4.78 is 0. The molecule has 1 aliphatic heterocycles. The summed E-state index contributed by atoms with van der Waals surface area (Å²) in [5, 5.41) is 1.21. The zero-order valence-electron chi connectivity index (χ0n) is 16.9. The molecule has 2 heterocycles. The minimum absolute atomic E-state index is 1.02. The standard InChI is InChI=1S/C29H20N2/c1-3-11-20(12-4-1)28-24(22-15-7-9-17-26(22)30-28)19-25-23-16-8-10-18-27(23)31-29(25)21-13-5-2-6-14-21/h1-19,30H/b25-19+. The molecule has 2 heteroatoms. The summed E-state index contributed by atoms with van der Waals surface area (Å²) in [5.74, 6) is 0. The number of H-pyrrole nitrogens is 1. The first-order valence-electron chi connectivity index (χ1n) is 10.5. The van der Waals surface area contributed by atoms with Gasteiger partial charge in [-0.25, -0.2) is 4.99 Å². The van der Waals surface area contributed by atoms with Crippen LogP contribution in [0.1, 0.15) is 16.7 Å². The Kier molecular flexibility index (Phi) is 4.14. The first-order chi connectivity index (χ1) is 15.4. The number of aliphatic imine (C=N–C) groups is 1. The predicted octanol–water partition coefficient (Wildman–Crippen LogP) is 7.51. The van der Waals surface area contributed by atoms with Gasteiger partial charge in [-0.3, -0.25) is 0 Å². The average Bonchev–Trinajstić information content (AvgIpc) is 3.40. The number of aromatic nitrogens is 1. The second-order valence-corrected chi connectivity index (χ2v) is 7.73. The quantitative estimate of drug-likeness (QED) is 0.327. The number of allylic oxidation sites excluding steroid dienone is 1. The Morgan fingerprint density at radius 1 is 0.613 bits per heavy atom. The zero-order valence-corrected chi connectivity index (χ0v) is 16.9. The van der Waals surface area contributed by atoms with Gasteiger partial charge >= 0.3 is 0 Å². The van der Waals surface area contributed by atoms with Crippen LogP contribution in [0.2, 0.25) is 0 Å². The molecule has 0 unspecified atom stereocenters. The van der Waals surface area contributed by atoms with Gasteiger partial charge in [0, 0.05) is 33.2 Å². The van der Waals surface area contributed by atoms with Gasteiger partial charge in [0.1, 0.15) is 0 Å². The predicted molar refractivity (Wildman–Crippen MR) is 131 cm³/mol. The maximum Gasteiger partial charge on any atom is 0.0788 e. The second-order valence-electron chi connectivity index (χ2n) is 7.73. The van der Waals surface area contributed by atoms with Gasteiger partial charge in [0.05, 0.1) is 17.1 Å². The number of nitrogens with one attached hydrogen (secondary N) is 1. The van der Waals surface area contributed by atoms with E-state index >= 15 is 0 Å². The first-order valence-corrected chi connectivity index (χ1v) is 10.5. The molecule has 6 rings (SSSR count). The van der Waals surface area contributed by atoms with Crippen LogP contribution in [0, 0.1) is 0 Å². The fourth-order valence-corrected chi connectivity index (χ4v) is 4.36. The van der Waals surface area contributed by atoms with Crippen LogP contribution >= 0.6 is 0 Å². The fourth-order valence-electron chi connectivity index (χ4n) is 4.36. The lowest BCUT2D eigenvalue weighted by Crippen LogP contribution is -1.99. The third-order valence-electron chi connectivity index (χ3n) is 5.83. The molecule has 0 amide bonds. The Labute approximate surface area is 181 Å². The van der Waals surface area contributed by atoms with Gasteiger partial charge < -0.3 is 4.98 Å². The van der Waals surface area contributed by atoms with Gasteiger partial charge in [-0.15, -0.1) is 0 Å². The number of nitrogens with zero attached hydrogens (tertiary/aromatic N) is 1. The smallest absolute Gasteiger partial charge is 0.0788 e. The van der Waals surface area contributed by atoms with Crippen molar-refractivity contribution in [2.75, 3.05) is 0 Å². The zero-order chi connectivity index (χ0) is 20.6. The van der Waals surface area contributed by atoms with E-state index in [0.29, 0.717) is 0 Å². The summed E-state index contributed by atoms with van der Waals surface area (Å²) in [5.41, 5.74) is 10.1.